The Morgan fingerprint density at radius 2 is 1.64 bits per heavy atom. The Labute approximate surface area is 194 Å². The van der Waals surface area contributed by atoms with Crippen molar-refractivity contribution in [2.45, 2.75) is 23.8 Å². The van der Waals surface area contributed by atoms with Gasteiger partial charge in [0.15, 0.2) is 11.5 Å². The van der Waals surface area contributed by atoms with Gasteiger partial charge in [-0.15, -0.1) is 0 Å². The summed E-state index contributed by atoms with van der Waals surface area (Å²) in [4.78, 5) is 17.5. The van der Waals surface area contributed by atoms with Crippen LogP contribution in [0.5, 0.6) is 11.5 Å². The second-order valence-electron chi connectivity index (χ2n) is 8.64. The molecule has 0 radical (unpaired) electrons. The number of sulfonamides is 1. The maximum atomic E-state index is 13.2. The summed E-state index contributed by atoms with van der Waals surface area (Å²) >= 11 is 0. The fourth-order valence-corrected chi connectivity index (χ4v) is 6.27. The van der Waals surface area contributed by atoms with Crippen LogP contribution in [0, 0.1) is 0 Å². The zero-order chi connectivity index (χ0) is 22.8. The first-order valence-corrected chi connectivity index (χ1v) is 12.9. The Kier molecular flexibility index (Phi) is 6.27. The van der Waals surface area contributed by atoms with Crippen molar-refractivity contribution in [3.63, 3.8) is 0 Å². The molecule has 0 aliphatic carbocycles. The predicted octanol–water partition coefficient (Wildman–Crippen LogP) is 2.13. The molecule has 8 nitrogen and oxygen atoms in total. The van der Waals surface area contributed by atoms with E-state index >= 15 is 0 Å². The largest absolute Gasteiger partial charge is 0.486 e. The molecule has 0 bridgehead atoms. The first-order chi connectivity index (χ1) is 16.0. The molecule has 5 rings (SSSR count). The lowest BCUT2D eigenvalue weighted by atomic mass is 10.0. The van der Waals surface area contributed by atoms with Crippen molar-refractivity contribution in [1.29, 1.82) is 0 Å². The molecule has 0 aromatic heterocycles. The van der Waals surface area contributed by atoms with E-state index in [0.717, 1.165) is 36.4 Å². The summed E-state index contributed by atoms with van der Waals surface area (Å²) in [5.41, 5.74) is 1.07. The van der Waals surface area contributed by atoms with Gasteiger partial charge < -0.3 is 14.4 Å². The number of likely N-dealkylation sites (tertiary alicyclic amines) is 1. The van der Waals surface area contributed by atoms with Gasteiger partial charge in [-0.2, -0.15) is 4.31 Å². The molecule has 3 aliphatic rings. The second kappa shape index (κ2) is 9.32. The SMILES string of the molecule is O=C(CN1CCN(S(=O)(=O)c2ccccc2)CC1)N1CCC[C@H]1c1ccc2c(c1)OCCO2. The molecule has 2 aromatic rings. The van der Waals surface area contributed by atoms with E-state index in [2.05, 4.69) is 4.90 Å². The number of piperazine rings is 1. The van der Waals surface area contributed by atoms with Gasteiger partial charge in [0.2, 0.25) is 15.9 Å². The Morgan fingerprint density at radius 3 is 2.39 bits per heavy atom. The molecule has 3 heterocycles. The van der Waals surface area contributed by atoms with Crippen molar-refractivity contribution in [1.82, 2.24) is 14.1 Å². The van der Waals surface area contributed by atoms with Gasteiger partial charge in [-0.05, 0) is 42.7 Å². The molecular formula is C24H29N3O5S. The third-order valence-corrected chi connectivity index (χ3v) is 8.51. The summed E-state index contributed by atoms with van der Waals surface area (Å²) < 4.78 is 38.5. The number of amides is 1. The molecule has 1 atom stereocenters. The van der Waals surface area contributed by atoms with E-state index in [0.29, 0.717) is 50.8 Å². The highest BCUT2D eigenvalue weighted by Gasteiger charge is 2.33. The molecule has 2 fully saturated rings. The van der Waals surface area contributed by atoms with Crippen LogP contribution >= 0.6 is 0 Å². The summed E-state index contributed by atoms with van der Waals surface area (Å²) in [5.74, 6) is 1.59. The van der Waals surface area contributed by atoms with Gasteiger partial charge in [-0.3, -0.25) is 9.69 Å². The smallest absolute Gasteiger partial charge is 0.243 e. The monoisotopic (exact) mass is 471 g/mol. The first-order valence-electron chi connectivity index (χ1n) is 11.5. The highest BCUT2D eigenvalue weighted by Crippen LogP contribution is 2.38. The number of benzene rings is 2. The molecule has 1 amide bonds. The summed E-state index contributed by atoms with van der Waals surface area (Å²) in [6, 6.07) is 14.5. The van der Waals surface area contributed by atoms with E-state index in [4.69, 9.17) is 9.47 Å². The normalized spacial score (nSPS) is 21.8. The van der Waals surface area contributed by atoms with Gasteiger partial charge in [0, 0.05) is 32.7 Å². The standard InChI is InChI=1S/C24H29N3O5S/c28-24(18-25-11-13-26(14-12-25)33(29,30)20-5-2-1-3-6-20)27-10-4-7-21(27)19-8-9-22-23(17-19)32-16-15-31-22/h1-3,5-6,8-9,17,21H,4,7,10-16,18H2/t21-/m0/s1. The molecule has 9 heteroatoms. The molecular weight excluding hydrogens is 442 g/mol. The molecule has 176 valence electrons. The van der Waals surface area contributed by atoms with Crippen LogP contribution in [0.15, 0.2) is 53.4 Å². The van der Waals surface area contributed by atoms with Crippen molar-refractivity contribution in [3.8, 4) is 11.5 Å². The van der Waals surface area contributed by atoms with Crippen molar-refractivity contribution in [2.75, 3.05) is 52.5 Å². The van der Waals surface area contributed by atoms with Crippen molar-refractivity contribution < 1.29 is 22.7 Å². The average molecular weight is 472 g/mol. The summed E-state index contributed by atoms with van der Waals surface area (Å²) in [7, 11) is -3.49. The third kappa shape index (κ3) is 4.58. The maximum absolute atomic E-state index is 13.2. The molecule has 3 aliphatic heterocycles. The summed E-state index contributed by atoms with van der Waals surface area (Å²) in [6.07, 6.45) is 1.89. The number of nitrogens with zero attached hydrogens (tertiary/aromatic N) is 3. The van der Waals surface area contributed by atoms with Crippen molar-refractivity contribution >= 4 is 15.9 Å². The number of carbonyl (C=O) groups excluding carboxylic acids is 1. The number of hydrogen-bond donors (Lipinski definition) is 0. The molecule has 0 saturated carbocycles. The van der Waals surface area contributed by atoms with E-state index in [1.54, 1.807) is 30.3 Å². The fraction of sp³-hybridized carbons (Fsp3) is 0.458. The van der Waals surface area contributed by atoms with Gasteiger partial charge in [0.1, 0.15) is 13.2 Å². The fourth-order valence-electron chi connectivity index (χ4n) is 4.83. The molecule has 2 aromatic carbocycles. The Bertz CT molecular complexity index is 1100. The average Bonchev–Trinajstić information content (AvgIpc) is 3.35. The lowest BCUT2D eigenvalue weighted by Gasteiger charge is -2.35. The second-order valence-corrected chi connectivity index (χ2v) is 10.6. The molecule has 0 unspecified atom stereocenters. The lowest BCUT2D eigenvalue weighted by molar-refractivity contribution is -0.133. The highest BCUT2D eigenvalue weighted by atomic mass is 32.2. The number of rotatable bonds is 5. The zero-order valence-corrected chi connectivity index (χ0v) is 19.4. The molecule has 0 spiro atoms. The zero-order valence-electron chi connectivity index (χ0n) is 18.6. The summed E-state index contributed by atoms with van der Waals surface area (Å²) in [5, 5.41) is 0. The Hall–Kier alpha value is -2.62. The lowest BCUT2D eigenvalue weighted by Crippen LogP contribution is -2.51. The minimum Gasteiger partial charge on any atom is -0.486 e. The van der Waals surface area contributed by atoms with Gasteiger partial charge in [-0.1, -0.05) is 24.3 Å². The highest BCUT2D eigenvalue weighted by molar-refractivity contribution is 7.89. The number of hydrogen-bond acceptors (Lipinski definition) is 6. The van der Waals surface area contributed by atoms with Gasteiger partial charge in [0.25, 0.3) is 0 Å². The van der Waals surface area contributed by atoms with Crippen LogP contribution < -0.4 is 9.47 Å². The topological polar surface area (TPSA) is 79.4 Å². The molecule has 33 heavy (non-hydrogen) atoms. The van der Waals surface area contributed by atoms with Crippen LogP contribution in [0.1, 0.15) is 24.4 Å². The molecule has 0 N–H and O–H groups in total. The predicted molar refractivity (Wildman–Crippen MR) is 123 cm³/mol. The van der Waals surface area contributed by atoms with E-state index in [1.807, 2.05) is 23.1 Å². The van der Waals surface area contributed by atoms with Crippen molar-refractivity contribution in [2.24, 2.45) is 0 Å². The van der Waals surface area contributed by atoms with Gasteiger partial charge >= 0.3 is 0 Å². The quantitative estimate of drug-likeness (QED) is 0.665. The van der Waals surface area contributed by atoms with E-state index < -0.39 is 10.0 Å². The minimum atomic E-state index is -3.49. The van der Waals surface area contributed by atoms with E-state index in [1.165, 1.54) is 4.31 Å². The summed E-state index contributed by atoms with van der Waals surface area (Å²) in [6.45, 7) is 3.99. The van der Waals surface area contributed by atoms with Crippen LogP contribution in [0.25, 0.3) is 0 Å². The third-order valence-electron chi connectivity index (χ3n) is 6.60. The number of ether oxygens (including phenoxy) is 2. The Morgan fingerprint density at radius 1 is 0.909 bits per heavy atom. The maximum Gasteiger partial charge on any atom is 0.243 e. The first kappa shape index (κ1) is 22.2. The Balaban J connectivity index is 1.20. The van der Waals surface area contributed by atoms with Crippen LogP contribution in [0.4, 0.5) is 0 Å². The van der Waals surface area contributed by atoms with Crippen LogP contribution in [-0.2, 0) is 14.8 Å². The van der Waals surface area contributed by atoms with Crippen LogP contribution in [-0.4, -0.2) is 80.9 Å². The number of carbonyl (C=O) groups is 1. The minimum absolute atomic E-state index is 0.0353. The molecule has 2 saturated heterocycles. The van der Waals surface area contributed by atoms with Gasteiger partial charge in [-0.25, -0.2) is 8.42 Å². The number of fused-ring (bicyclic) bond motifs is 1. The van der Waals surface area contributed by atoms with Crippen LogP contribution in [0.2, 0.25) is 0 Å². The van der Waals surface area contributed by atoms with Crippen LogP contribution in [0.3, 0.4) is 0 Å². The van der Waals surface area contributed by atoms with Crippen molar-refractivity contribution in [3.05, 3.63) is 54.1 Å². The van der Waals surface area contributed by atoms with Gasteiger partial charge in [0.05, 0.1) is 17.5 Å². The van der Waals surface area contributed by atoms with E-state index in [-0.39, 0.29) is 11.9 Å². The van der Waals surface area contributed by atoms with E-state index in [9.17, 15) is 13.2 Å².